The molecule has 17 heavy (non-hydrogen) atoms. The Morgan fingerprint density at radius 1 is 1.47 bits per heavy atom. The minimum Gasteiger partial charge on any atom is -0.392 e. The molecule has 0 radical (unpaired) electrons. The van der Waals surface area contributed by atoms with E-state index in [4.69, 9.17) is 5.11 Å². The summed E-state index contributed by atoms with van der Waals surface area (Å²) in [5.41, 5.74) is -0.408. The van der Waals surface area contributed by atoms with Gasteiger partial charge in [0.05, 0.1) is 12.2 Å². The molecule has 0 unspecified atom stereocenters. The first-order chi connectivity index (χ1) is 8.03. The van der Waals surface area contributed by atoms with Gasteiger partial charge >= 0.3 is 0 Å². The van der Waals surface area contributed by atoms with Crippen LogP contribution in [0.25, 0.3) is 0 Å². The van der Waals surface area contributed by atoms with Gasteiger partial charge in [0.15, 0.2) is 11.6 Å². The third kappa shape index (κ3) is 2.56. The fourth-order valence-electron chi connectivity index (χ4n) is 2.01. The van der Waals surface area contributed by atoms with Crippen LogP contribution in [-0.2, 0) is 6.61 Å². The Balaban J connectivity index is 2.19. The van der Waals surface area contributed by atoms with Crippen LogP contribution in [-0.4, -0.2) is 33.9 Å². The monoisotopic (exact) mass is 240 g/mol. The Morgan fingerprint density at radius 2 is 2.12 bits per heavy atom. The fraction of sp³-hybridized carbons (Fsp3) is 0.583. The van der Waals surface area contributed by atoms with E-state index in [1.165, 1.54) is 12.3 Å². The van der Waals surface area contributed by atoms with Gasteiger partial charge < -0.3 is 15.1 Å². The maximum absolute atomic E-state index is 13.9. The highest BCUT2D eigenvalue weighted by Crippen LogP contribution is 2.27. The number of anilines is 1. The largest absolute Gasteiger partial charge is 0.392 e. The summed E-state index contributed by atoms with van der Waals surface area (Å²) in [4.78, 5) is 5.83. The molecule has 0 aromatic carbocycles. The molecular weight excluding hydrogens is 223 g/mol. The summed E-state index contributed by atoms with van der Waals surface area (Å²) < 4.78 is 13.9. The number of aromatic nitrogens is 1. The lowest BCUT2D eigenvalue weighted by atomic mass is 9.94. The summed E-state index contributed by atoms with van der Waals surface area (Å²) in [6.45, 7) is 2.61. The number of hydrogen-bond acceptors (Lipinski definition) is 4. The third-order valence-electron chi connectivity index (χ3n) is 3.26. The van der Waals surface area contributed by atoms with Crippen LogP contribution in [0.3, 0.4) is 0 Å². The molecule has 2 rings (SSSR count). The average molecular weight is 240 g/mol. The van der Waals surface area contributed by atoms with Crippen LogP contribution >= 0.6 is 0 Å². The Hall–Kier alpha value is -1.20. The lowest BCUT2D eigenvalue weighted by Gasteiger charge is -2.36. The standard InChI is InChI=1S/C12H17FN2O2/c1-12(17)3-6-15(7-4-12)11-10(13)9(8-16)2-5-14-11/h2,5,16-17H,3-4,6-8H2,1H3. The zero-order chi connectivity index (χ0) is 12.5. The molecule has 1 fully saturated rings. The lowest BCUT2D eigenvalue weighted by molar-refractivity contribution is 0.0348. The fourth-order valence-corrected chi connectivity index (χ4v) is 2.01. The van der Waals surface area contributed by atoms with Crippen LogP contribution in [0.4, 0.5) is 10.2 Å². The Bertz CT molecular complexity index is 399. The van der Waals surface area contributed by atoms with E-state index in [0.29, 0.717) is 25.9 Å². The predicted octanol–water partition coefficient (Wildman–Crippen LogP) is 1.06. The highest BCUT2D eigenvalue weighted by molar-refractivity contribution is 5.43. The molecule has 1 aliphatic rings. The van der Waals surface area contributed by atoms with E-state index in [9.17, 15) is 9.50 Å². The first-order valence-electron chi connectivity index (χ1n) is 5.75. The molecule has 0 aliphatic carbocycles. The molecule has 2 N–H and O–H groups in total. The average Bonchev–Trinajstić information content (AvgIpc) is 2.30. The highest BCUT2D eigenvalue weighted by Gasteiger charge is 2.29. The number of pyridine rings is 1. The van der Waals surface area contributed by atoms with Gasteiger partial charge in [-0.15, -0.1) is 0 Å². The van der Waals surface area contributed by atoms with Crippen molar-refractivity contribution in [3.05, 3.63) is 23.6 Å². The SMILES string of the molecule is CC1(O)CCN(c2nccc(CO)c2F)CC1. The molecule has 1 saturated heterocycles. The van der Waals surface area contributed by atoms with Crippen LogP contribution in [0.5, 0.6) is 0 Å². The van der Waals surface area contributed by atoms with Gasteiger partial charge in [-0.2, -0.15) is 0 Å². The molecule has 5 heteroatoms. The number of aliphatic hydroxyl groups excluding tert-OH is 1. The number of rotatable bonds is 2. The van der Waals surface area contributed by atoms with Gasteiger partial charge in [-0.1, -0.05) is 0 Å². The van der Waals surface area contributed by atoms with Crippen molar-refractivity contribution >= 4 is 5.82 Å². The molecule has 0 amide bonds. The molecule has 94 valence electrons. The van der Waals surface area contributed by atoms with Crippen molar-refractivity contribution in [3.63, 3.8) is 0 Å². The lowest BCUT2D eigenvalue weighted by Crippen LogP contribution is -2.43. The second kappa shape index (κ2) is 4.58. The van der Waals surface area contributed by atoms with Crippen LogP contribution < -0.4 is 4.90 Å². The molecule has 1 aromatic heterocycles. The first-order valence-corrected chi connectivity index (χ1v) is 5.75. The van der Waals surface area contributed by atoms with E-state index >= 15 is 0 Å². The molecule has 4 nitrogen and oxygen atoms in total. The summed E-state index contributed by atoms with van der Waals surface area (Å²) in [5, 5.41) is 18.8. The summed E-state index contributed by atoms with van der Waals surface area (Å²) in [6.07, 6.45) is 2.69. The van der Waals surface area contributed by atoms with Crippen molar-refractivity contribution in [1.29, 1.82) is 0 Å². The third-order valence-corrected chi connectivity index (χ3v) is 3.26. The maximum Gasteiger partial charge on any atom is 0.171 e. The molecule has 1 aliphatic heterocycles. The number of hydrogen-bond donors (Lipinski definition) is 2. The van der Waals surface area contributed by atoms with Crippen molar-refractivity contribution in [3.8, 4) is 0 Å². The van der Waals surface area contributed by atoms with E-state index < -0.39 is 11.4 Å². The number of nitrogens with zero attached hydrogens (tertiary/aromatic N) is 2. The molecule has 2 heterocycles. The molecule has 1 aromatic rings. The van der Waals surface area contributed by atoms with E-state index in [1.54, 1.807) is 6.92 Å². The Labute approximate surface area is 99.7 Å². The Kier molecular flexibility index (Phi) is 3.31. The minimum absolute atomic E-state index is 0.257. The van der Waals surface area contributed by atoms with Gasteiger partial charge in [-0.25, -0.2) is 9.37 Å². The summed E-state index contributed by atoms with van der Waals surface area (Å²) in [6, 6.07) is 1.47. The van der Waals surface area contributed by atoms with E-state index in [-0.39, 0.29) is 18.0 Å². The first kappa shape index (κ1) is 12.3. The second-order valence-electron chi connectivity index (χ2n) is 4.75. The van der Waals surface area contributed by atoms with E-state index in [1.807, 2.05) is 4.90 Å². The maximum atomic E-state index is 13.9. The van der Waals surface area contributed by atoms with Crippen LogP contribution in [0.1, 0.15) is 25.3 Å². The van der Waals surface area contributed by atoms with Gasteiger partial charge in [-0.3, -0.25) is 0 Å². The Morgan fingerprint density at radius 3 is 2.71 bits per heavy atom. The number of piperidine rings is 1. The predicted molar refractivity (Wildman–Crippen MR) is 62.2 cm³/mol. The van der Waals surface area contributed by atoms with E-state index in [2.05, 4.69) is 4.98 Å². The van der Waals surface area contributed by atoms with Gasteiger partial charge in [0.25, 0.3) is 0 Å². The summed E-state index contributed by atoms with van der Waals surface area (Å²) >= 11 is 0. The van der Waals surface area contributed by atoms with E-state index in [0.717, 1.165) is 0 Å². The van der Waals surface area contributed by atoms with Crippen molar-refractivity contribution < 1.29 is 14.6 Å². The topological polar surface area (TPSA) is 56.6 Å². The smallest absolute Gasteiger partial charge is 0.171 e. The molecular formula is C12H17FN2O2. The van der Waals surface area contributed by atoms with Crippen LogP contribution in [0.2, 0.25) is 0 Å². The number of aliphatic hydroxyl groups is 2. The van der Waals surface area contributed by atoms with Crippen molar-refractivity contribution in [2.75, 3.05) is 18.0 Å². The van der Waals surface area contributed by atoms with Crippen molar-refractivity contribution in [2.45, 2.75) is 32.0 Å². The molecule has 0 bridgehead atoms. The van der Waals surface area contributed by atoms with Gasteiger partial charge in [0, 0.05) is 24.8 Å². The summed E-state index contributed by atoms with van der Waals surface area (Å²) in [7, 11) is 0. The van der Waals surface area contributed by atoms with Crippen LogP contribution in [0, 0.1) is 5.82 Å². The van der Waals surface area contributed by atoms with Crippen molar-refractivity contribution in [2.24, 2.45) is 0 Å². The minimum atomic E-state index is -0.665. The van der Waals surface area contributed by atoms with Crippen molar-refractivity contribution in [1.82, 2.24) is 4.98 Å². The normalized spacial score (nSPS) is 19.4. The molecule has 0 saturated carbocycles. The highest BCUT2D eigenvalue weighted by atomic mass is 19.1. The quantitative estimate of drug-likeness (QED) is 0.811. The van der Waals surface area contributed by atoms with Gasteiger partial charge in [-0.05, 0) is 25.8 Å². The summed E-state index contributed by atoms with van der Waals surface area (Å²) in [5.74, 6) is -0.191. The zero-order valence-electron chi connectivity index (χ0n) is 9.86. The van der Waals surface area contributed by atoms with Gasteiger partial charge in [0.2, 0.25) is 0 Å². The second-order valence-corrected chi connectivity index (χ2v) is 4.75. The number of halogens is 1. The zero-order valence-corrected chi connectivity index (χ0v) is 9.86. The molecule has 0 atom stereocenters. The molecule has 0 spiro atoms. The van der Waals surface area contributed by atoms with Crippen LogP contribution in [0.15, 0.2) is 12.3 Å². The van der Waals surface area contributed by atoms with Gasteiger partial charge in [0.1, 0.15) is 0 Å².